The normalized spacial score (nSPS) is 11.4. The molecule has 98 valence electrons. The second kappa shape index (κ2) is 3.74. The molecule has 6 heteroatoms. The zero-order valence-electron chi connectivity index (χ0n) is 10.2. The summed E-state index contributed by atoms with van der Waals surface area (Å²) in [4.78, 5) is 16.3. The van der Waals surface area contributed by atoms with E-state index in [1.165, 1.54) is 6.26 Å². The second-order valence-corrected chi connectivity index (χ2v) is 4.46. The van der Waals surface area contributed by atoms with E-state index >= 15 is 0 Å². The van der Waals surface area contributed by atoms with Crippen LogP contribution in [0.3, 0.4) is 0 Å². The molecule has 0 saturated heterocycles. The van der Waals surface area contributed by atoms with Crippen molar-refractivity contribution < 1.29 is 9.52 Å². The Labute approximate surface area is 111 Å². The van der Waals surface area contributed by atoms with Crippen molar-refractivity contribution in [1.29, 1.82) is 0 Å². The third kappa shape index (κ3) is 1.33. The first-order valence-electron chi connectivity index (χ1n) is 6.01. The Morgan fingerprint density at radius 2 is 1.90 bits per heavy atom. The van der Waals surface area contributed by atoms with Crippen LogP contribution in [-0.2, 0) is 0 Å². The average molecular weight is 267 g/mol. The molecule has 3 aromatic heterocycles. The van der Waals surface area contributed by atoms with Crippen LogP contribution in [0.5, 0.6) is 5.95 Å². The molecule has 0 bridgehead atoms. The van der Waals surface area contributed by atoms with Crippen LogP contribution in [0.2, 0.25) is 0 Å². The summed E-state index contributed by atoms with van der Waals surface area (Å²) in [7, 11) is 0. The van der Waals surface area contributed by atoms with E-state index in [-0.39, 0.29) is 11.5 Å². The molecule has 3 N–H and O–H groups in total. The molecule has 0 aliphatic rings. The summed E-state index contributed by atoms with van der Waals surface area (Å²) in [5, 5.41) is 16.0. The summed E-state index contributed by atoms with van der Waals surface area (Å²) in [5.41, 5.74) is 2.06. The van der Waals surface area contributed by atoms with Crippen LogP contribution in [0.15, 0.2) is 45.8 Å². The van der Waals surface area contributed by atoms with Crippen LogP contribution in [0.25, 0.3) is 33.1 Å². The lowest BCUT2D eigenvalue weighted by molar-refractivity contribution is 0.338. The number of nitrogens with one attached hydrogen (secondary N) is 2. The number of aromatic amines is 2. The molecular weight excluding hydrogens is 258 g/mol. The number of aromatic nitrogens is 3. The maximum Gasteiger partial charge on any atom is 0.292 e. The van der Waals surface area contributed by atoms with Crippen molar-refractivity contribution in [2.45, 2.75) is 0 Å². The highest BCUT2D eigenvalue weighted by molar-refractivity contribution is 6.10. The van der Waals surface area contributed by atoms with Gasteiger partial charge in [-0.3, -0.25) is 15.0 Å². The molecule has 0 fully saturated rings. The molecule has 0 spiro atoms. The molecule has 4 aromatic rings. The van der Waals surface area contributed by atoms with Gasteiger partial charge in [0.05, 0.1) is 10.8 Å². The molecule has 20 heavy (non-hydrogen) atoms. The predicted octanol–water partition coefficient (Wildman–Crippen LogP) is 2.37. The number of rotatable bonds is 1. The number of fused-ring (bicyclic) bond motifs is 2. The van der Waals surface area contributed by atoms with E-state index in [4.69, 9.17) is 4.42 Å². The summed E-state index contributed by atoms with van der Waals surface area (Å²) >= 11 is 0. The smallest absolute Gasteiger partial charge is 0.292 e. The van der Waals surface area contributed by atoms with Gasteiger partial charge in [0.15, 0.2) is 5.65 Å². The Balaban J connectivity index is 2.31. The van der Waals surface area contributed by atoms with Crippen molar-refractivity contribution in [2.24, 2.45) is 0 Å². The third-order valence-electron chi connectivity index (χ3n) is 3.31. The Morgan fingerprint density at radius 1 is 1.10 bits per heavy atom. The summed E-state index contributed by atoms with van der Waals surface area (Å²) in [6.07, 6.45) is 1.36. The zero-order valence-corrected chi connectivity index (χ0v) is 10.2. The molecule has 0 aliphatic heterocycles. The number of aromatic hydroxyl groups is 1. The zero-order chi connectivity index (χ0) is 13.7. The standard InChI is InChI=1S/C14H9N3O3/c18-13-11-9(7-4-2-1-3-5-7)10-8(6-20-14(10)19)15-12(11)16-17-13/h1-6,19H,(H,15,16)(H,17,18). The van der Waals surface area contributed by atoms with Crippen molar-refractivity contribution in [1.82, 2.24) is 15.2 Å². The van der Waals surface area contributed by atoms with Crippen LogP contribution in [0.4, 0.5) is 0 Å². The minimum atomic E-state index is -0.283. The number of H-pyrrole nitrogens is 2. The Morgan fingerprint density at radius 3 is 2.70 bits per heavy atom. The van der Waals surface area contributed by atoms with Gasteiger partial charge in [-0.2, -0.15) is 0 Å². The first-order valence-corrected chi connectivity index (χ1v) is 6.01. The Kier molecular flexibility index (Phi) is 2.03. The second-order valence-electron chi connectivity index (χ2n) is 4.46. The number of furan rings is 1. The van der Waals surface area contributed by atoms with Crippen LogP contribution in [0, 0.1) is 0 Å². The lowest BCUT2D eigenvalue weighted by Gasteiger charge is -2.04. The largest absolute Gasteiger partial charge is 0.480 e. The molecular formula is C14H9N3O3. The number of hydrogen-bond donors (Lipinski definition) is 3. The van der Waals surface area contributed by atoms with Crippen LogP contribution in [-0.4, -0.2) is 20.3 Å². The highest BCUT2D eigenvalue weighted by atomic mass is 16.5. The monoisotopic (exact) mass is 267 g/mol. The lowest BCUT2D eigenvalue weighted by Crippen LogP contribution is -2.00. The fourth-order valence-electron chi connectivity index (χ4n) is 2.46. The van der Waals surface area contributed by atoms with Crippen molar-refractivity contribution in [3.05, 3.63) is 46.9 Å². The van der Waals surface area contributed by atoms with E-state index in [0.29, 0.717) is 27.5 Å². The van der Waals surface area contributed by atoms with Crippen LogP contribution in [0.1, 0.15) is 0 Å². The fourth-order valence-corrected chi connectivity index (χ4v) is 2.46. The van der Waals surface area contributed by atoms with E-state index in [1.54, 1.807) is 0 Å². The van der Waals surface area contributed by atoms with Crippen molar-refractivity contribution >= 4 is 21.9 Å². The lowest BCUT2D eigenvalue weighted by atomic mass is 10.0. The number of benzene rings is 1. The Bertz CT molecular complexity index is 979. The number of pyridine rings is 1. The van der Waals surface area contributed by atoms with Crippen molar-refractivity contribution in [2.75, 3.05) is 0 Å². The predicted molar refractivity (Wildman–Crippen MR) is 73.6 cm³/mol. The van der Waals surface area contributed by atoms with Gasteiger partial charge in [-0.15, -0.1) is 0 Å². The van der Waals surface area contributed by atoms with Gasteiger partial charge in [-0.1, -0.05) is 30.3 Å². The van der Waals surface area contributed by atoms with Crippen LogP contribution < -0.4 is 5.56 Å². The third-order valence-corrected chi connectivity index (χ3v) is 3.31. The van der Waals surface area contributed by atoms with Crippen molar-refractivity contribution in [3.63, 3.8) is 0 Å². The van der Waals surface area contributed by atoms with Crippen LogP contribution >= 0.6 is 0 Å². The average Bonchev–Trinajstić information content (AvgIpc) is 3.03. The maximum absolute atomic E-state index is 12.0. The molecule has 6 nitrogen and oxygen atoms in total. The van der Waals surface area contributed by atoms with Gasteiger partial charge in [-0.25, -0.2) is 4.98 Å². The van der Waals surface area contributed by atoms with E-state index in [9.17, 15) is 9.90 Å². The quantitative estimate of drug-likeness (QED) is 0.493. The van der Waals surface area contributed by atoms with Gasteiger partial charge >= 0.3 is 0 Å². The van der Waals surface area contributed by atoms with Crippen molar-refractivity contribution in [3.8, 4) is 17.1 Å². The van der Waals surface area contributed by atoms with Gasteiger partial charge in [0.1, 0.15) is 11.8 Å². The molecule has 0 unspecified atom stereocenters. The summed E-state index contributed by atoms with van der Waals surface area (Å²) in [6, 6.07) is 9.35. The molecule has 0 amide bonds. The summed E-state index contributed by atoms with van der Waals surface area (Å²) in [5.74, 6) is -0.242. The number of hydrogen-bond acceptors (Lipinski definition) is 4. The topological polar surface area (TPSA) is 94.9 Å². The van der Waals surface area contributed by atoms with Gasteiger partial charge in [0.2, 0.25) is 0 Å². The first kappa shape index (κ1) is 10.9. The molecule has 0 radical (unpaired) electrons. The fraction of sp³-hybridized carbons (Fsp3) is 0. The minimum absolute atomic E-state index is 0.242. The molecule has 0 saturated carbocycles. The molecule has 1 aromatic carbocycles. The maximum atomic E-state index is 12.0. The summed E-state index contributed by atoms with van der Waals surface area (Å²) in [6.45, 7) is 0. The molecule has 0 atom stereocenters. The van der Waals surface area contributed by atoms with E-state index in [0.717, 1.165) is 5.56 Å². The van der Waals surface area contributed by atoms with E-state index in [2.05, 4.69) is 15.2 Å². The summed E-state index contributed by atoms with van der Waals surface area (Å²) < 4.78 is 5.02. The highest BCUT2D eigenvalue weighted by Gasteiger charge is 2.19. The molecule has 0 aliphatic carbocycles. The first-order chi connectivity index (χ1) is 9.75. The van der Waals surface area contributed by atoms with E-state index in [1.807, 2.05) is 30.3 Å². The highest BCUT2D eigenvalue weighted by Crippen LogP contribution is 2.38. The number of nitrogens with zero attached hydrogens (tertiary/aromatic N) is 1. The van der Waals surface area contributed by atoms with E-state index < -0.39 is 0 Å². The minimum Gasteiger partial charge on any atom is -0.480 e. The van der Waals surface area contributed by atoms with Gasteiger partial charge in [0.25, 0.3) is 11.5 Å². The SMILES string of the molecule is O=c1[nH][nH]c2nc3coc(O)c3c(-c3ccccc3)c12. The molecule has 4 rings (SSSR count). The van der Waals surface area contributed by atoms with Gasteiger partial charge in [0, 0.05) is 5.56 Å². The molecule has 3 heterocycles. The Hall–Kier alpha value is -3.02. The van der Waals surface area contributed by atoms with Gasteiger partial charge in [-0.05, 0) is 5.56 Å². The van der Waals surface area contributed by atoms with Gasteiger partial charge < -0.3 is 9.52 Å².